The van der Waals surface area contributed by atoms with Gasteiger partial charge in [-0.15, -0.1) is 12.4 Å². The van der Waals surface area contributed by atoms with Crippen molar-refractivity contribution < 1.29 is 14.6 Å². The highest BCUT2D eigenvalue weighted by Gasteiger charge is 2.02. The third-order valence-corrected chi connectivity index (χ3v) is 2.79. The molecule has 4 nitrogen and oxygen atoms in total. The summed E-state index contributed by atoms with van der Waals surface area (Å²) in [4.78, 5) is 12.6. The molecular formula is C14H22ClNO3. The van der Waals surface area contributed by atoms with Gasteiger partial charge in [0.15, 0.2) is 0 Å². The fourth-order valence-corrected chi connectivity index (χ4v) is 1.78. The van der Waals surface area contributed by atoms with Crippen molar-refractivity contribution in [2.75, 3.05) is 20.7 Å². The molecule has 0 amide bonds. The molecule has 0 fully saturated rings. The summed E-state index contributed by atoms with van der Waals surface area (Å²) < 4.78 is 5.11. The molecule has 0 radical (unpaired) electrons. The van der Waals surface area contributed by atoms with E-state index in [1.165, 1.54) is 5.56 Å². The Hall–Kier alpha value is -1.26. The quantitative estimate of drug-likeness (QED) is 0.747. The SMILES string of the molecule is COc1ccc(CN(C)CCCCC(=O)O)cc1.Cl. The average molecular weight is 288 g/mol. The second kappa shape index (κ2) is 9.64. The highest BCUT2D eigenvalue weighted by Crippen LogP contribution is 2.12. The standard InChI is InChI=1S/C14H21NO3.ClH/c1-15(10-4-3-5-14(16)17)11-12-6-8-13(18-2)9-7-12;/h6-9H,3-5,10-11H2,1-2H3,(H,16,17);1H. The van der Waals surface area contributed by atoms with Crippen LogP contribution in [0, 0.1) is 0 Å². The molecule has 0 aliphatic heterocycles. The van der Waals surface area contributed by atoms with E-state index in [0.29, 0.717) is 0 Å². The molecule has 0 saturated carbocycles. The van der Waals surface area contributed by atoms with Gasteiger partial charge in [0.2, 0.25) is 0 Å². The first-order valence-corrected chi connectivity index (χ1v) is 6.15. The van der Waals surface area contributed by atoms with Crippen LogP contribution in [-0.2, 0) is 11.3 Å². The summed E-state index contributed by atoms with van der Waals surface area (Å²) in [5.41, 5.74) is 1.23. The predicted molar refractivity (Wildman–Crippen MR) is 78.1 cm³/mol. The summed E-state index contributed by atoms with van der Waals surface area (Å²) in [6.45, 7) is 1.79. The first-order chi connectivity index (χ1) is 8.61. The van der Waals surface area contributed by atoms with E-state index in [-0.39, 0.29) is 18.8 Å². The van der Waals surface area contributed by atoms with Crippen LogP contribution in [-0.4, -0.2) is 36.7 Å². The molecule has 0 aliphatic carbocycles. The van der Waals surface area contributed by atoms with Gasteiger partial charge in [-0.25, -0.2) is 0 Å². The Labute approximate surface area is 120 Å². The molecule has 108 valence electrons. The van der Waals surface area contributed by atoms with Gasteiger partial charge < -0.3 is 14.7 Å². The highest BCUT2D eigenvalue weighted by atomic mass is 35.5. The summed E-state index contributed by atoms with van der Waals surface area (Å²) in [5, 5.41) is 8.54. The van der Waals surface area contributed by atoms with Gasteiger partial charge in [-0.3, -0.25) is 4.79 Å². The predicted octanol–water partition coefficient (Wildman–Crippen LogP) is 2.80. The number of hydrogen-bond donors (Lipinski definition) is 1. The Morgan fingerprint density at radius 3 is 2.42 bits per heavy atom. The van der Waals surface area contributed by atoms with Crippen molar-refractivity contribution >= 4 is 18.4 Å². The van der Waals surface area contributed by atoms with E-state index in [1.807, 2.05) is 31.3 Å². The summed E-state index contributed by atoms with van der Waals surface area (Å²) >= 11 is 0. The topological polar surface area (TPSA) is 49.8 Å². The lowest BCUT2D eigenvalue weighted by atomic mass is 10.2. The molecular weight excluding hydrogens is 266 g/mol. The van der Waals surface area contributed by atoms with Crippen molar-refractivity contribution in [3.8, 4) is 5.75 Å². The summed E-state index contributed by atoms with van der Waals surface area (Å²) in [5.74, 6) is 0.149. The van der Waals surface area contributed by atoms with Gasteiger partial charge in [0.1, 0.15) is 5.75 Å². The number of carboxylic acid groups (broad SMARTS) is 1. The number of carbonyl (C=O) groups is 1. The van der Waals surface area contributed by atoms with Crippen molar-refractivity contribution in [1.29, 1.82) is 0 Å². The first kappa shape index (κ1) is 17.7. The van der Waals surface area contributed by atoms with Crippen LogP contribution in [0.15, 0.2) is 24.3 Å². The summed E-state index contributed by atoms with van der Waals surface area (Å²) in [6.07, 6.45) is 1.91. The van der Waals surface area contributed by atoms with Gasteiger partial charge in [-0.1, -0.05) is 12.1 Å². The maximum atomic E-state index is 10.4. The lowest BCUT2D eigenvalue weighted by Crippen LogP contribution is -2.19. The van der Waals surface area contributed by atoms with Gasteiger partial charge in [-0.05, 0) is 44.1 Å². The third kappa shape index (κ3) is 7.70. The molecule has 0 saturated heterocycles. The fraction of sp³-hybridized carbons (Fsp3) is 0.500. The van der Waals surface area contributed by atoms with E-state index in [0.717, 1.165) is 31.7 Å². The fourth-order valence-electron chi connectivity index (χ4n) is 1.78. The van der Waals surface area contributed by atoms with Gasteiger partial charge in [0.25, 0.3) is 0 Å². The van der Waals surface area contributed by atoms with E-state index < -0.39 is 5.97 Å². The van der Waals surface area contributed by atoms with Crippen molar-refractivity contribution in [3.63, 3.8) is 0 Å². The van der Waals surface area contributed by atoms with Crippen LogP contribution in [0.4, 0.5) is 0 Å². The Kier molecular flexibility index (Phi) is 9.00. The number of hydrogen-bond acceptors (Lipinski definition) is 3. The molecule has 0 heterocycles. The number of rotatable bonds is 8. The molecule has 5 heteroatoms. The number of benzene rings is 1. The van der Waals surface area contributed by atoms with Crippen LogP contribution >= 0.6 is 12.4 Å². The maximum absolute atomic E-state index is 10.4. The van der Waals surface area contributed by atoms with E-state index >= 15 is 0 Å². The smallest absolute Gasteiger partial charge is 0.303 e. The maximum Gasteiger partial charge on any atom is 0.303 e. The zero-order valence-electron chi connectivity index (χ0n) is 11.5. The minimum atomic E-state index is -0.715. The monoisotopic (exact) mass is 287 g/mol. The summed E-state index contributed by atoms with van der Waals surface area (Å²) in [7, 11) is 3.70. The molecule has 0 bridgehead atoms. The number of ether oxygens (including phenoxy) is 1. The van der Waals surface area contributed by atoms with Crippen LogP contribution in [0.3, 0.4) is 0 Å². The van der Waals surface area contributed by atoms with Crippen LogP contribution in [0.5, 0.6) is 5.75 Å². The van der Waals surface area contributed by atoms with Crippen LogP contribution in [0.1, 0.15) is 24.8 Å². The number of carboxylic acids is 1. The Morgan fingerprint density at radius 1 is 1.26 bits per heavy atom. The van der Waals surface area contributed by atoms with Crippen LogP contribution in [0.25, 0.3) is 0 Å². The Morgan fingerprint density at radius 2 is 1.89 bits per heavy atom. The zero-order valence-corrected chi connectivity index (χ0v) is 12.3. The number of aliphatic carboxylic acids is 1. The normalized spacial score (nSPS) is 10.1. The molecule has 0 unspecified atom stereocenters. The average Bonchev–Trinajstić information content (AvgIpc) is 2.35. The van der Waals surface area contributed by atoms with E-state index in [1.54, 1.807) is 7.11 Å². The summed E-state index contributed by atoms with van der Waals surface area (Å²) in [6, 6.07) is 8.00. The molecule has 0 aliphatic rings. The first-order valence-electron chi connectivity index (χ1n) is 6.15. The largest absolute Gasteiger partial charge is 0.497 e. The lowest BCUT2D eigenvalue weighted by Gasteiger charge is -2.16. The van der Waals surface area contributed by atoms with Crippen LogP contribution in [0.2, 0.25) is 0 Å². The molecule has 0 atom stereocenters. The van der Waals surface area contributed by atoms with E-state index in [4.69, 9.17) is 9.84 Å². The van der Waals surface area contributed by atoms with E-state index in [9.17, 15) is 4.79 Å². The second-order valence-electron chi connectivity index (χ2n) is 4.44. The Balaban J connectivity index is 0.00000324. The van der Waals surface area contributed by atoms with E-state index in [2.05, 4.69) is 4.90 Å². The Bertz CT molecular complexity index is 367. The van der Waals surface area contributed by atoms with Crippen molar-refractivity contribution in [3.05, 3.63) is 29.8 Å². The minimum absolute atomic E-state index is 0. The van der Waals surface area contributed by atoms with Crippen molar-refractivity contribution in [2.45, 2.75) is 25.8 Å². The number of nitrogens with zero attached hydrogens (tertiary/aromatic N) is 1. The van der Waals surface area contributed by atoms with Crippen LogP contribution < -0.4 is 4.74 Å². The number of unbranched alkanes of at least 4 members (excludes halogenated alkanes) is 1. The van der Waals surface area contributed by atoms with Gasteiger partial charge in [0.05, 0.1) is 7.11 Å². The van der Waals surface area contributed by atoms with Gasteiger partial charge in [-0.2, -0.15) is 0 Å². The zero-order chi connectivity index (χ0) is 13.4. The molecule has 0 aromatic heterocycles. The second-order valence-corrected chi connectivity index (χ2v) is 4.44. The molecule has 19 heavy (non-hydrogen) atoms. The molecule has 1 N–H and O–H groups in total. The lowest BCUT2D eigenvalue weighted by molar-refractivity contribution is -0.137. The van der Waals surface area contributed by atoms with Crippen molar-refractivity contribution in [2.24, 2.45) is 0 Å². The molecule has 1 aromatic carbocycles. The number of halogens is 1. The van der Waals surface area contributed by atoms with Gasteiger partial charge in [0, 0.05) is 13.0 Å². The molecule has 0 spiro atoms. The number of methoxy groups -OCH3 is 1. The molecule has 1 rings (SSSR count). The van der Waals surface area contributed by atoms with Crippen molar-refractivity contribution in [1.82, 2.24) is 4.90 Å². The molecule has 1 aromatic rings. The van der Waals surface area contributed by atoms with Gasteiger partial charge >= 0.3 is 5.97 Å². The third-order valence-electron chi connectivity index (χ3n) is 2.79. The highest BCUT2D eigenvalue weighted by molar-refractivity contribution is 5.85. The minimum Gasteiger partial charge on any atom is -0.497 e.